The minimum Gasteiger partial charge on any atom is -0.506 e. The molecule has 0 saturated carbocycles. The van der Waals surface area contributed by atoms with Crippen LogP contribution in [0.15, 0.2) is 51.4 Å². The van der Waals surface area contributed by atoms with Crippen LogP contribution in [-0.2, 0) is 6.54 Å². The third-order valence-electron chi connectivity index (χ3n) is 3.01. The van der Waals surface area contributed by atoms with Crippen LogP contribution in [0.1, 0.15) is 17.2 Å². The summed E-state index contributed by atoms with van der Waals surface area (Å²) in [6.45, 7) is 0.627. The highest BCUT2D eigenvalue weighted by molar-refractivity contribution is 9.11. The zero-order valence-corrected chi connectivity index (χ0v) is 13.9. The molecule has 20 heavy (non-hydrogen) atoms. The van der Waals surface area contributed by atoms with Gasteiger partial charge in [0.1, 0.15) is 5.75 Å². The highest BCUT2D eigenvalue weighted by atomic mass is 79.9. The molecule has 0 aliphatic heterocycles. The second-order valence-corrected chi connectivity index (χ2v) is 6.14. The van der Waals surface area contributed by atoms with E-state index in [0.29, 0.717) is 15.5 Å². The molecule has 0 radical (unpaired) electrons. The quantitative estimate of drug-likeness (QED) is 0.716. The van der Waals surface area contributed by atoms with Gasteiger partial charge in [-0.15, -0.1) is 0 Å². The van der Waals surface area contributed by atoms with E-state index in [2.05, 4.69) is 37.2 Å². The van der Waals surface area contributed by atoms with Crippen LogP contribution in [0, 0.1) is 0 Å². The molecule has 0 aliphatic carbocycles. The molecule has 5 heteroatoms. The first kappa shape index (κ1) is 15.5. The average molecular weight is 401 g/mol. The van der Waals surface area contributed by atoms with Crippen LogP contribution < -0.4 is 5.32 Å². The first-order valence-electron chi connectivity index (χ1n) is 6.18. The predicted octanol–water partition coefficient (Wildman–Crippen LogP) is 3.74. The Morgan fingerprint density at radius 3 is 2.20 bits per heavy atom. The molecule has 2 aromatic rings. The van der Waals surface area contributed by atoms with Gasteiger partial charge in [0.05, 0.1) is 21.6 Å². The van der Waals surface area contributed by atoms with E-state index < -0.39 is 0 Å². The fraction of sp³-hybridized carbons (Fsp3) is 0.200. The van der Waals surface area contributed by atoms with Crippen molar-refractivity contribution in [3.63, 3.8) is 0 Å². The van der Waals surface area contributed by atoms with Gasteiger partial charge in [-0.1, -0.05) is 30.3 Å². The number of aromatic hydroxyl groups is 1. The number of aliphatic hydroxyl groups excluding tert-OH is 1. The highest BCUT2D eigenvalue weighted by Gasteiger charge is 2.11. The van der Waals surface area contributed by atoms with Crippen LogP contribution in [0.5, 0.6) is 5.75 Å². The summed E-state index contributed by atoms with van der Waals surface area (Å²) < 4.78 is 1.29. The Morgan fingerprint density at radius 1 is 1.05 bits per heavy atom. The molecule has 0 saturated heterocycles. The van der Waals surface area contributed by atoms with Crippen molar-refractivity contribution in [3.05, 3.63) is 62.5 Å². The molecular weight excluding hydrogens is 386 g/mol. The average Bonchev–Trinajstić information content (AvgIpc) is 2.46. The van der Waals surface area contributed by atoms with Crippen molar-refractivity contribution in [2.75, 3.05) is 6.61 Å². The largest absolute Gasteiger partial charge is 0.506 e. The molecular formula is C15H15Br2NO2. The molecule has 0 aliphatic rings. The predicted molar refractivity (Wildman–Crippen MR) is 86.6 cm³/mol. The van der Waals surface area contributed by atoms with Gasteiger partial charge in [0, 0.05) is 6.54 Å². The Morgan fingerprint density at radius 2 is 1.65 bits per heavy atom. The molecule has 2 aromatic carbocycles. The van der Waals surface area contributed by atoms with Crippen molar-refractivity contribution < 1.29 is 10.2 Å². The number of aliphatic hydroxyl groups is 1. The number of hydrogen-bond acceptors (Lipinski definition) is 3. The molecule has 0 spiro atoms. The third kappa shape index (κ3) is 3.82. The van der Waals surface area contributed by atoms with E-state index in [9.17, 15) is 10.2 Å². The second-order valence-electron chi connectivity index (χ2n) is 4.43. The molecule has 0 heterocycles. The van der Waals surface area contributed by atoms with Crippen molar-refractivity contribution in [1.29, 1.82) is 0 Å². The maximum atomic E-state index is 9.68. The number of nitrogens with one attached hydrogen (secondary N) is 1. The monoisotopic (exact) mass is 399 g/mol. The molecule has 3 N–H and O–H groups in total. The van der Waals surface area contributed by atoms with Gasteiger partial charge in [-0.05, 0) is 55.1 Å². The fourth-order valence-corrected chi connectivity index (χ4v) is 3.22. The highest BCUT2D eigenvalue weighted by Crippen LogP contribution is 2.33. The molecule has 2 rings (SSSR count). The number of phenols is 1. The lowest BCUT2D eigenvalue weighted by molar-refractivity contribution is 0.243. The van der Waals surface area contributed by atoms with E-state index in [1.807, 2.05) is 42.5 Å². The maximum Gasteiger partial charge on any atom is 0.143 e. The summed E-state index contributed by atoms with van der Waals surface area (Å²) in [5, 5.41) is 22.5. The van der Waals surface area contributed by atoms with Crippen LogP contribution in [0.25, 0.3) is 0 Å². The lowest BCUT2D eigenvalue weighted by Crippen LogP contribution is -2.23. The molecule has 0 amide bonds. The van der Waals surface area contributed by atoms with Gasteiger partial charge < -0.3 is 15.5 Å². The minimum absolute atomic E-state index is 0.0322. The van der Waals surface area contributed by atoms with Gasteiger partial charge in [-0.2, -0.15) is 0 Å². The zero-order valence-electron chi connectivity index (χ0n) is 10.7. The zero-order chi connectivity index (χ0) is 14.5. The van der Waals surface area contributed by atoms with Crippen LogP contribution in [0.3, 0.4) is 0 Å². The molecule has 0 unspecified atom stereocenters. The molecule has 1 atom stereocenters. The van der Waals surface area contributed by atoms with Crippen LogP contribution in [0.4, 0.5) is 0 Å². The Labute approximate surface area is 134 Å². The van der Waals surface area contributed by atoms with Crippen molar-refractivity contribution in [1.82, 2.24) is 5.32 Å². The summed E-state index contributed by atoms with van der Waals surface area (Å²) in [6, 6.07) is 13.4. The SMILES string of the molecule is OC[C@H](NCc1cc(Br)c(O)c(Br)c1)c1ccccc1. The van der Waals surface area contributed by atoms with Gasteiger partial charge in [-0.3, -0.25) is 0 Å². The summed E-state index contributed by atoms with van der Waals surface area (Å²) in [4.78, 5) is 0. The lowest BCUT2D eigenvalue weighted by Gasteiger charge is -2.17. The number of phenolic OH excluding ortho intramolecular Hbond substituents is 1. The minimum atomic E-state index is -0.109. The van der Waals surface area contributed by atoms with Gasteiger partial charge in [0.25, 0.3) is 0 Å². The summed E-state index contributed by atoms with van der Waals surface area (Å²) in [5.74, 6) is 0.190. The second kappa shape index (κ2) is 7.22. The van der Waals surface area contributed by atoms with Gasteiger partial charge in [0.2, 0.25) is 0 Å². The number of hydrogen-bond donors (Lipinski definition) is 3. The van der Waals surface area contributed by atoms with Gasteiger partial charge >= 0.3 is 0 Å². The number of rotatable bonds is 5. The Hall–Kier alpha value is -0.880. The normalized spacial score (nSPS) is 12.3. The van der Waals surface area contributed by atoms with Crippen LogP contribution in [-0.4, -0.2) is 16.8 Å². The molecule has 0 bridgehead atoms. The fourth-order valence-electron chi connectivity index (χ4n) is 1.93. The molecule has 3 nitrogen and oxygen atoms in total. The Kier molecular flexibility index (Phi) is 5.60. The van der Waals surface area contributed by atoms with E-state index >= 15 is 0 Å². The topological polar surface area (TPSA) is 52.5 Å². The molecule has 0 aromatic heterocycles. The van der Waals surface area contributed by atoms with E-state index in [-0.39, 0.29) is 18.4 Å². The Bertz CT molecular complexity index is 552. The molecule has 0 fully saturated rings. The lowest BCUT2D eigenvalue weighted by atomic mass is 10.1. The van der Waals surface area contributed by atoms with Crippen LogP contribution in [0.2, 0.25) is 0 Å². The smallest absolute Gasteiger partial charge is 0.143 e. The van der Waals surface area contributed by atoms with Crippen molar-refractivity contribution in [3.8, 4) is 5.75 Å². The van der Waals surface area contributed by atoms with E-state index in [1.54, 1.807) is 0 Å². The number of benzene rings is 2. The summed E-state index contributed by atoms with van der Waals surface area (Å²) in [6.07, 6.45) is 0. The standard InChI is InChI=1S/C15H15Br2NO2/c16-12-6-10(7-13(17)15(12)20)8-18-14(9-19)11-4-2-1-3-5-11/h1-7,14,18-20H,8-9H2/t14-/m0/s1. The van der Waals surface area contributed by atoms with Crippen molar-refractivity contribution in [2.45, 2.75) is 12.6 Å². The van der Waals surface area contributed by atoms with Crippen molar-refractivity contribution in [2.24, 2.45) is 0 Å². The summed E-state index contributed by atoms with van der Waals surface area (Å²) in [7, 11) is 0. The van der Waals surface area contributed by atoms with Gasteiger partial charge in [-0.25, -0.2) is 0 Å². The first-order valence-corrected chi connectivity index (χ1v) is 7.76. The third-order valence-corrected chi connectivity index (χ3v) is 4.22. The van der Waals surface area contributed by atoms with E-state index in [4.69, 9.17) is 0 Å². The summed E-state index contributed by atoms with van der Waals surface area (Å²) in [5.41, 5.74) is 2.06. The summed E-state index contributed by atoms with van der Waals surface area (Å²) >= 11 is 6.62. The Balaban J connectivity index is 2.07. The first-order chi connectivity index (χ1) is 9.61. The van der Waals surface area contributed by atoms with Gasteiger partial charge in [0.15, 0.2) is 0 Å². The molecule has 106 valence electrons. The number of halogens is 2. The van der Waals surface area contributed by atoms with E-state index in [0.717, 1.165) is 11.1 Å². The maximum absolute atomic E-state index is 9.68. The van der Waals surface area contributed by atoms with Crippen LogP contribution >= 0.6 is 31.9 Å². The van der Waals surface area contributed by atoms with E-state index in [1.165, 1.54) is 0 Å². The van der Waals surface area contributed by atoms with Crippen molar-refractivity contribution >= 4 is 31.9 Å².